The number of hydrogen-bond acceptors (Lipinski definition) is 3. The molecule has 1 heterocycles. The third kappa shape index (κ3) is 7.41. The minimum Gasteiger partial charge on any atom is -0.512 e. The number of allylic oxidation sites excluding steroid dienone is 1. The molecule has 2 atom stereocenters. The van der Waals surface area contributed by atoms with Gasteiger partial charge in [0.1, 0.15) is 5.67 Å². The lowest BCUT2D eigenvalue weighted by Gasteiger charge is -2.31. The van der Waals surface area contributed by atoms with Gasteiger partial charge in [0.15, 0.2) is 0 Å². The van der Waals surface area contributed by atoms with Crippen LogP contribution in [-0.4, -0.2) is 22.6 Å². The highest BCUT2D eigenvalue weighted by molar-refractivity contribution is 8.00. The van der Waals surface area contributed by atoms with Gasteiger partial charge in [0.05, 0.1) is 22.9 Å². The van der Waals surface area contributed by atoms with E-state index in [4.69, 9.17) is 0 Å². The Balaban J connectivity index is 2.17. The van der Waals surface area contributed by atoms with Gasteiger partial charge in [-0.2, -0.15) is 22.0 Å². The zero-order chi connectivity index (χ0) is 28.7. The molecule has 0 fully saturated rings. The van der Waals surface area contributed by atoms with E-state index < -0.39 is 34.0 Å². The van der Waals surface area contributed by atoms with Crippen LogP contribution in [0.1, 0.15) is 58.1 Å². The van der Waals surface area contributed by atoms with E-state index in [0.717, 1.165) is 11.4 Å². The number of aliphatic hydroxyl groups is 1. The Morgan fingerprint density at radius 3 is 2.21 bits per heavy atom. The van der Waals surface area contributed by atoms with Gasteiger partial charge in [-0.15, -0.1) is 9.24 Å². The molecule has 10 heteroatoms. The lowest BCUT2D eigenvalue weighted by Crippen LogP contribution is -2.34. The number of aryl methyl sites for hydroxylation is 1. The van der Waals surface area contributed by atoms with E-state index in [2.05, 4.69) is 15.8 Å². The van der Waals surface area contributed by atoms with Crippen LogP contribution in [0.15, 0.2) is 53.6 Å². The number of fused-ring (bicyclic) bond motifs is 1. The summed E-state index contributed by atoms with van der Waals surface area (Å²) < 4.78 is 88.4. The van der Waals surface area contributed by atoms with Gasteiger partial charge < -0.3 is 10.0 Å². The lowest BCUT2D eigenvalue weighted by molar-refractivity contribution is -0.138. The Kier molecular flexibility index (Phi) is 8.85. The normalized spacial score (nSPS) is 18.2. The van der Waals surface area contributed by atoms with Gasteiger partial charge in [-0.05, 0) is 86.4 Å². The summed E-state index contributed by atoms with van der Waals surface area (Å²) in [6.45, 7) is 9.19. The van der Waals surface area contributed by atoms with Crippen molar-refractivity contribution < 1.29 is 31.4 Å². The third-order valence-corrected chi connectivity index (χ3v) is 8.54. The van der Waals surface area contributed by atoms with Crippen LogP contribution in [0.4, 0.5) is 37.7 Å². The Morgan fingerprint density at radius 2 is 1.68 bits per heavy atom. The molecule has 2 aromatic carbocycles. The average Bonchev–Trinajstić information content (AvgIpc) is 2.87. The number of rotatable bonds is 8. The monoisotopic (exact) mass is 577 g/mol. The topological polar surface area (TPSA) is 23.5 Å². The summed E-state index contributed by atoms with van der Waals surface area (Å²) in [4.78, 5) is 1.51. The Morgan fingerprint density at radius 1 is 1.08 bits per heavy atom. The average molecular weight is 578 g/mol. The van der Waals surface area contributed by atoms with Crippen LogP contribution in [-0.2, 0) is 12.6 Å². The fourth-order valence-electron chi connectivity index (χ4n) is 4.30. The molecule has 2 nitrogen and oxygen atoms in total. The van der Waals surface area contributed by atoms with Crippen molar-refractivity contribution in [2.45, 2.75) is 75.4 Å². The Labute approximate surface area is 227 Å². The molecule has 0 radical (unpaired) electrons. The van der Waals surface area contributed by atoms with Gasteiger partial charge in [-0.1, -0.05) is 32.6 Å². The summed E-state index contributed by atoms with van der Waals surface area (Å²) in [5.74, 6) is -1.47. The van der Waals surface area contributed by atoms with Crippen LogP contribution in [0, 0.1) is 11.3 Å². The van der Waals surface area contributed by atoms with Crippen LogP contribution in [0.3, 0.4) is 0 Å². The number of hydrogen-bond donors (Lipinski definition) is 1. The summed E-state index contributed by atoms with van der Waals surface area (Å²) in [5, 5.41) is 7.34. The van der Waals surface area contributed by atoms with Crippen LogP contribution in [0.5, 0.6) is 0 Å². The fourth-order valence-corrected chi connectivity index (χ4v) is 5.62. The van der Waals surface area contributed by atoms with Crippen molar-refractivity contribution in [3.05, 3.63) is 59.9 Å². The molecule has 38 heavy (non-hydrogen) atoms. The molecule has 210 valence electrons. The molecule has 1 aliphatic heterocycles. The number of anilines is 2. The standard InChI is InChI=1S/C28H34F6NOPS/c1-17(36)25(2,3)12-10-18-14-24-23(15-22(18)27(30,31)32)35(20-6-8-21(37)9-7-20)16-19(28(33,34)38-24)11-13-26(4,5)29/h6-9,14-15,19,36H,1,10-13,16,37H2,2-5H3. The number of benzene rings is 2. The fraction of sp³-hybridized carbons (Fsp3) is 0.500. The SMILES string of the molecule is C=C(O)C(C)(C)CCc1cc2c(cc1C(F)(F)F)N(c1ccc(P)cc1)CC(CCC(C)(C)F)C(F)(F)S2. The maximum Gasteiger partial charge on any atom is 0.416 e. The second kappa shape index (κ2) is 11.0. The minimum atomic E-state index is -4.72. The first-order valence-corrected chi connectivity index (χ1v) is 13.7. The summed E-state index contributed by atoms with van der Waals surface area (Å²) in [5.41, 5.74) is -3.04. The number of alkyl halides is 6. The van der Waals surface area contributed by atoms with Crippen molar-refractivity contribution in [1.29, 1.82) is 0 Å². The van der Waals surface area contributed by atoms with Gasteiger partial charge >= 0.3 is 11.4 Å². The first-order valence-electron chi connectivity index (χ1n) is 12.3. The van der Waals surface area contributed by atoms with Gasteiger partial charge in [0.2, 0.25) is 0 Å². The molecule has 0 aliphatic carbocycles. The third-order valence-electron chi connectivity index (χ3n) is 7.00. The number of nitrogens with zero attached hydrogens (tertiary/aromatic N) is 1. The van der Waals surface area contributed by atoms with E-state index in [1.807, 2.05) is 0 Å². The van der Waals surface area contributed by atoms with E-state index in [9.17, 15) is 22.7 Å². The van der Waals surface area contributed by atoms with Gasteiger partial charge in [0, 0.05) is 22.5 Å². The molecule has 3 rings (SSSR count). The molecule has 0 spiro atoms. The molecule has 0 amide bonds. The van der Waals surface area contributed by atoms with E-state index in [0.29, 0.717) is 5.69 Å². The first kappa shape index (κ1) is 30.7. The van der Waals surface area contributed by atoms with Crippen molar-refractivity contribution >= 4 is 37.7 Å². The number of thioether (sulfide) groups is 1. The zero-order valence-corrected chi connectivity index (χ0v) is 23.9. The van der Waals surface area contributed by atoms with E-state index in [-0.39, 0.29) is 65.9 Å². The van der Waals surface area contributed by atoms with Gasteiger partial charge in [-0.25, -0.2) is 4.39 Å². The van der Waals surface area contributed by atoms with Crippen molar-refractivity contribution in [3.63, 3.8) is 0 Å². The van der Waals surface area contributed by atoms with Crippen LogP contribution in [0.2, 0.25) is 0 Å². The molecule has 0 bridgehead atoms. The molecule has 1 aliphatic rings. The minimum absolute atomic E-state index is 0.0237. The molecule has 2 aromatic rings. The van der Waals surface area contributed by atoms with E-state index in [1.54, 1.807) is 38.1 Å². The van der Waals surface area contributed by atoms with Crippen LogP contribution in [0.25, 0.3) is 0 Å². The quantitative estimate of drug-likeness (QED) is 0.192. The Hall–Kier alpha value is -1.86. The van der Waals surface area contributed by atoms with Crippen molar-refractivity contribution in [3.8, 4) is 0 Å². The summed E-state index contributed by atoms with van der Waals surface area (Å²) in [6, 6.07) is 8.97. The van der Waals surface area contributed by atoms with Crippen molar-refractivity contribution in [1.82, 2.24) is 0 Å². The molecular weight excluding hydrogens is 543 g/mol. The highest BCUT2D eigenvalue weighted by atomic mass is 32.2. The predicted octanol–water partition coefficient (Wildman–Crippen LogP) is 9.22. The second-order valence-electron chi connectivity index (χ2n) is 11.1. The van der Waals surface area contributed by atoms with E-state index in [1.165, 1.54) is 24.8 Å². The van der Waals surface area contributed by atoms with E-state index >= 15 is 8.78 Å². The summed E-state index contributed by atoms with van der Waals surface area (Å²) in [7, 11) is 2.51. The molecule has 0 aromatic heterocycles. The zero-order valence-electron chi connectivity index (χ0n) is 21.9. The maximum absolute atomic E-state index is 15.6. The first-order chi connectivity index (χ1) is 17.3. The highest BCUT2D eigenvalue weighted by Gasteiger charge is 2.46. The summed E-state index contributed by atoms with van der Waals surface area (Å²) >= 11 is 0.233. The summed E-state index contributed by atoms with van der Waals surface area (Å²) in [6.07, 6.45) is -4.93. The Bertz CT molecular complexity index is 1160. The molecule has 1 N–H and O–H groups in total. The van der Waals surface area contributed by atoms with Crippen molar-refractivity contribution in [2.24, 2.45) is 11.3 Å². The van der Waals surface area contributed by atoms with Crippen LogP contribution < -0.4 is 10.2 Å². The molecular formula is C28H34F6NOPS. The molecule has 0 saturated heterocycles. The van der Waals surface area contributed by atoms with Gasteiger partial charge in [0.25, 0.3) is 0 Å². The van der Waals surface area contributed by atoms with Crippen LogP contribution >= 0.6 is 21.0 Å². The molecule has 0 saturated carbocycles. The second-order valence-corrected chi connectivity index (χ2v) is 13.0. The predicted molar refractivity (Wildman–Crippen MR) is 147 cm³/mol. The largest absolute Gasteiger partial charge is 0.512 e. The van der Waals surface area contributed by atoms with Crippen molar-refractivity contribution in [2.75, 3.05) is 11.4 Å². The number of halogens is 6. The molecule has 2 unspecified atom stereocenters. The highest BCUT2D eigenvalue weighted by Crippen LogP contribution is 2.53. The maximum atomic E-state index is 15.6. The lowest BCUT2D eigenvalue weighted by atomic mass is 9.84. The smallest absolute Gasteiger partial charge is 0.416 e. The van der Waals surface area contributed by atoms with Gasteiger partial charge in [-0.3, -0.25) is 0 Å². The number of aliphatic hydroxyl groups excluding tert-OH is 1.